The van der Waals surface area contributed by atoms with Crippen molar-refractivity contribution >= 4 is 41.1 Å². The molecular weight excluding hydrogens is 490 g/mol. The molecule has 4 aromatic rings. The van der Waals surface area contributed by atoms with Crippen LogP contribution in [-0.2, 0) is 9.59 Å². The van der Waals surface area contributed by atoms with Crippen molar-refractivity contribution in [2.75, 3.05) is 39.0 Å². The number of nitrogens with one attached hydrogen (secondary N) is 1. The van der Waals surface area contributed by atoms with Gasteiger partial charge in [-0.2, -0.15) is 0 Å². The molecule has 1 saturated heterocycles. The molecule has 0 radical (unpaired) electrons. The van der Waals surface area contributed by atoms with Crippen LogP contribution in [-0.4, -0.2) is 87.4 Å². The van der Waals surface area contributed by atoms with Gasteiger partial charge in [-0.25, -0.2) is 15.0 Å². The van der Waals surface area contributed by atoms with Gasteiger partial charge in [0.05, 0.1) is 42.2 Å². The van der Waals surface area contributed by atoms with E-state index in [0.717, 1.165) is 0 Å². The third kappa shape index (κ3) is 4.91. The first kappa shape index (κ1) is 25.9. The number of nitrogens with two attached hydrogens (primary N) is 1. The van der Waals surface area contributed by atoms with Crippen LogP contribution in [0.15, 0.2) is 55.1 Å². The van der Waals surface area contributed by atoms with Crippen molar-refractivity contribution in [1.82, 2.24) is 29.7 Å². The molecule has 0 spiro atoms. The van der Waals surface area contributed by atoms with Crippen LogP contribution in [0.2, 0.25) is 0 Å². The molecule has 5 rings (SSSR count). The van der Waals surface area contributed by atoms with Crippen LogP contribution in [0.1, 0.15) is 20.7 Å². The number of aromatic amines is 1. The molecule has 0 bridgehead atoms. The van der Waals surface area contributed by atoms with Gasteiger partial charge in [0.25, 0.3) is 17.6 Å². The fourth-order valence-electron chi connectivity index (χ4n) is 4.24. The van der Waals surface area contributed by atoms with Gasteiger partial charge in [-0.1, -0.05) is 18.2 Å². The highest BCUT2D eigenvalue weighted by molar-refractivity contribution is 6.45. The molecule has 2 amide bonds. The fraction of sp³-hybridized carbons (Fsp3) is 0.192. The maximum atomic E-state index is 13.3. The van der Waals surface area contributed by atoms with Crippen molar-refractivity contribution in [2.45, 2.75) is 0 Å². The lowest BCUT2D eigenvalue weighted by atomic mass is 10.1. The van der Waals surface area contributed by atoms with E-state index in [9.17, 15) is 14.4 Å². The summed E-state index contributed by atoms with van der Waals surface area (Å²) in [6, 6.07) is 8.98. The average molecular weight is 516 g/mol. The molecule has 38 heavy (non-hydrogen) atoms. The summed E-state index contributed by atoms with van der Waals surface area (Å²) in [5.74, 6) is -0.811. The zero-order chi connectivity index (χ0) is 27.2. The van der Waals surface area contributed by atoms with E-state index in [1.165, 1.54) is 36.8 Å². The average Bonchev–Trinajstić information content (AvgIpc) is 3.43. The molecule has 1 aromatic carbocycles. The number of nitrogens with zero attached hydrogens (tertiary/aromatic N) is 5. The van der Waals surface area contributed by atoms with Gasteiger partial charge in [-0.15, -0.1) is 0 Å². The molecule has 194 valence electrons. The van der Waals surface area contributed by atoms with E-state index < -0.39 is 11.7 Å². The summed E-state index contributed by atoms with van der Waals surface area (Å²) in [7, 11) is 1.46. The summed E-state index contributed by atoms with van der Waals surface area (Å²) in [5, 5.41) is 0.428. The summed E-state index contributed by atoms with van der Waals surface area (Å²) in [6.45, 7) is 3.20. The molecule has 1 fully saturated rings. The van der Waals surface area contributed by atoms with E-state index in [2.05, 4.69) is 19.9 Å². The van der Waals surface area contributed by atoms with Gasteiger partial charge < -0.3 is 30.0 Å². The molecule has 4 heterocycles. The highest BCUT2D eigenvalue weighted by Crippen LogP contribution is 2.34. The Labute approximate surface area is 217 Å². The number of methoxy groups -OCH3 is 1. The number of H-pyrrole nitrogens is 1. The molecule has 3 aromatic heterocycles. The zero-order valence-corrected chi connectivity index (χ0v) is 20.6. The molecule has 3 N–H and O–H groups in total. The first-order valence-electron chi connectivity index (χ1n) is 11.6. The maximum Gasteiger partial charge on any atom is 0.295 e. The number of ketones is 1. The molecule has 0 atom stereocenters. The third-order valence-corrected chi connectivity index (χ3v) is 6.12. The number of piperazine rings is 1. The van der Waals surface area contributed by atoms with Crippen LogP contribution in [0.5, 0.6) is 5.75 Å². The van der Waals surface area contributed by atoms with Gasteiger partial charge in [0, 0.05) is 37.9 Å². The lowest BCUT2D eigenvalue weighted by Gasteiger charge is -2.34. The number of amides is 2. The summed E-state index contributed by atoms with van der Waals surface area (Å²) < 4.78 is 5.43. The van der Waals surface area contributed by atoms with Gasteiger partial charge in [0.1, 0.15) is 29.7 Å². The number of nitrogen functional groups attached to an aromatic ring is 1. The number of hydrogen-bond donors (Lipinski definition) is 2. The van der Waals surface area contributed by atoms with Crippen LogP contribution < -0.4 is 10.5 Å². The largest absolute Gasteiger partial charge is 0.494 e. The summed E-state index contributed by atoms with van der Waals surface area (Å²) in [6.07, 6.45) is 5.83. The second-order valence-corrected chi connectivity index (χ2v) is 8.23. The van der Waals surface area contributed by atoms with E-state index in [0.29, 0.717) is 46.7 Å². The Bertz CT molecular complexity index is 1460. The van der Waals surface area contributed by atoms with Crippen LogP contribution in [0.4, 0.5) is 5.82 Å². The molecule has 0 saturated carbocycles. The second-order valence-electron chi connectivity index (χ2n) is 8.23. The lowest BCUT2D eigenvalue weighted by molar-refractivity contribution is -0.127. The normalized spacial score (nSPS) is 13.0. The Hall–Kier alpha value is -5.13. The van der Waals surface area contributed by atoms with Gasteiger partial charge >= 0.3 is 0 Å². The summed E-state index contributed by atoms with van der Waals surface area (Å²) in [4.78, 5) is 66.0. The number of rotatable bonds is 5. The zero-order valence-electron chi connectivity index (χ0n) is 20.6. The number of anilines is 1. The van der Waals surface area contributed by atoms with Crippen LogP contribution in [0, 0.1) is 0 Å². The van der Waals surface area contributed by atoms with Crippen LogP contribution in [0.25, 0.3) is 22.3 Å². The Kier molecular flexibility index (Phi) is 7.71. The van der Waals surface area contributed by atoms with Crippen molar-refractivity contribution in [3.05, 3.63) is 66.2 Å². The maximum absolute atomic E-state index is 13.3. The summed E-state index contributed by atoms with van der Waals surface area (Å²) >= 11 is 0. The molecule has 0 unspecified atom stereocenters. The van der Waals surface area contributed by atoms with Gasteiger partial charge in [-0.05, 0) is 12.1 Å². The smallest absolute Gasteiger partial charge is 0.295 e. The molecule has 12 heteroatoms. The van der Waals surface area contributed by atoms with E-state index in [1.807, 2.05) is 25.0 Å². The van der Waals surface area contributed by atoms with Crippen molar-refractivity contribution in [2.24, 2.45) is 0 Å². The minimum Gasteiger partial charge on any atom is -0.494 e. The molecular formula is C26H25N7O5. The fourth-order valence-corrected chi connectivity index (χ4v) is 4.24. The SMILES string of the molecule is C=O.COc1cnc(-c2cnc(N)cn2)c2[nH]cc(C(=O)C(=O)N3CCN(C(=O)c4ccccc4)CC3)c12. The number of benzene rings is 1. The predicted molar refractivity (Wildman–Crippen MR) is 138 cm³/mol. The van der Waals surface area contributed by atoms with E-state index in [-0.39, 0.29) is 30.4 Å². The molecule has 1 aliphatic heterocycles. The number of carbonyl (C=O) groups excluding carboxylic acids is 4. The lowest BCUT2D eigenvalue weighted by Crippen LogP contribution is -2.52. The number of ether oxygens (including phenoxy) is 1. The Balaban J connectivity index is 0.00000164. The number of aromatic nitrogens is 4. The highest BCUT2D eigenvalue weighted by Gasteiger charge is 2.31. The van der Waals surface area contributed by atoms with Crippen LogP contribution in [0.3, 0.4) is 0 Å². The third-order valence-electron chi connectivity index (χ3n) is 6.12. The Morgan fingerprint density at radius 1 is 0.947 bits per heavy atom. The molecule has 0 aliphatic carbocycles. The monoisotopic (exact) mass is 515 g/mol. The van der Waals surface area contributed by atoms with Crippen molar-refractivity contribution in [3.8, 4) is 17.1 Å². The van der Waals surface area contributed by atoms with Crippen LogP contribution >= 0.6 is 0 Å². The minimum absolute atomic E-state index is 0.0961. The van der Waals surface area contributed by atoms with Gasteiger partial charge in [0.2, 0.25) is 0 Å². The van der Waals surface area contributed by atoms with E-state index in [1.54, 1.807) is 17.0 Å². The number of fused-ring (bicyclic) bond motifs is 1. The van der Waals surface area contributed by atoms with E-state index in [4.69, 9.17) is 15.3 Å². The first-order chi connectivity index (χ1) is 18.5. The number of pyridine rings is 1. The summed E-state index contributed by atoms with van der Waals surface area (Å²) in [5.41, 5.74) is 7.77. The highest BCUT2D eigenvalue weighted by atomic mass is 16.5. The number of hydrogen-bond acceptors (Lipinski definition) is 9. The minimum atomic E-state index is -0.678. The van der Waals surface area contributed by atoms with E-state index >= 15 is 0 Å². The number of Topliss-reactive ketones (excluding diaryl/α,β-unsaturated/α-hetero) is 1. The van der Waals surface area contributed by atoms with Gasteiger partial charge in [-0.3, -0.25) is 14.4 Å². The Morgan fingerprint density at radius 3 is 2.26 bits per heavy atom. The van der Waals surface area contributed by atoms with Crippen molar-refractivity contribution < 1.29 is 23.9 Å². The first-order valence-corrected chi connectivity index (χ1v) is 11.6. The number of carbonyl (C=O) groups is 4. The van der Waals surface area contributed by atoms with Crippen molar-refractivity contribution in [1.29, 1.82) is 0 Å². The predicted octanol–water partition coefficient (Wildman–Crippen LogP) is 1.59. The Morgan fingerprint density at radius 2 is 1.63 bits per heavy atom. The quantitative estimate of drug-likeness (QED) is 0.297. The second kappa shape index (κ2) is 11.3. The molecule has 12 nitrogen and oxygen atoms in total. The topological polar surface area (TPSA) is 164 Å². The van der Waals surface area contributed by atoms with Crippen molar-refractivity contribution in [3.63, 3.8) is 0 Å². The molecule has 1 aliphatic rings. The standard InChI is InChI=1S/C25H23N7O4.CH2O/c1-36-18-13-30-21(17-12-28-19(26)14-27-17)22-20(18)16(11-29-22)23(33)25(35)32-9-7-31(8-10-32)24(34)15-5-3-2-4-6-15;1-2/h2-6,11-14,29H,7-10H2,1H3,(H2,26,28);1H2. The van der Waals surface area contributed by atoms with Gasteiger partial charge in [0.15, 0.2) is 0 Å².